The van der Waals surface area contributed by atoms with Crippen LogP contribution in [0.3, 0.4) is 0 Å². The quantitative estimate of drug-likeness (QED) is 0.489. The van der Waals surface area contributed by atoms with E-state index in [2.05, 4.69) is 48.6 Å². The average Bonchev–Trinajstić information content (AvgIpc) is 2.22. The van der Waals surface area contributed by atoms with Gasteiger partial charge in [0.1, 0.15) is 0 Å². The molecule has 0 radical (unpaired) electrons. The van der Waals surface area contributed by atoms with Crippen molar-refractivity contribution in [2.24, 2.45) is 0 Å². The van der Waals surface area contributed by atoms with Gasteiger partial charge in [-0.2, -0.15) is 0 Å². The standard InChI is InChI=1S/C14H20/c1-2-4-6-8-10-12-14-13-11-9-7-5-3-1/h1-4,9,11-12,14H,5-8,10,13H2/b3-1-,4-2-,11-9-,14-12-. The fraction of sp³-hybridized carbons (Fsp3) is 0.429. The van der Waals surface area contributed by atoms with Gasteiger partial charge in [0.15, 0.2) is 0 Å². The van der Waals surface area contributed by atoms with Crippen molar-refractivity contribution in [1.29, 1.82) is 0 Å². The molecule has 1 aliphatic rings. The van der Waals surface area contributed by atoms with Gasteiger partial charge in [0.2, 0.25) is 0 Å². The molecule has 0 amide bonds. The SMILES string of the molecule is C1=C\CC/C=C\C/C=C\CCC\C=C/1. The average molecular weight is 188 g/mol. The molecular formula is C14H20. The zero-order valence-electron chi connectivity index (χ0n) is 8.86. The van der Waals surface area contributed by atoms with E-state index in [0.29, 0.717) is 0 Å². The third-order valence-electron chi connectivity index (χ3n) is 2.23. The van der Waals surface area contributed by atoms with Crippen LogP contribution in [-0.4, -0.2) is 0 Å². The minimum atomic E-state index is 1.10. The Kier molecular flexibility index (Phi) is 6.74. The van der Waals surface area contributed by atoms with Gasteiger partial charge in [-0.1, -0.05) is 48.6 Å². The molecule has 1 rings (SSSR count). The summed E-state index contributed by atoms with van der Waals surface area (Å²) in [5, 5.41) is 0. The van der Waals surface area contributed by atoms with Crippen molar-refractivity contribution in [2.45, 2.75) is 38.5 Å². The smallest absolute Gasteiger partial charge is 0.0169 e. The van der Waals surface area contributed by atoms with Crippen LogP contribution in [0.15, 0.2) is 48.6 Å². The molecule has 0 nitrogen and oxygen atoms in total. The largest absolute Gasteiger partial charge is 0.0882 e. The lowest BCUT2D eigenvalue weighted by Crippen LogP contribution is -1.70. The van der Waals surface area contributed by atoms with Crippen LogP contribution in [0.4, 0.5) is 0 Å². The van der Waals surface area contributed by atoms with E-state index in [9.17, 15) is 0 Å². The molecule has 0 bridgehead atoms. The minimum Gasteiger partial charge on any atom is -0.0882 e. The molecule has 0 heteroatoms. The van der Waals surface area contributed by atoms with Crippen LogP contribution in [0.2, 0.25) is 0 Å². The number of allylic oxidation sites excluding steroid dienone is 8. The van der Waals surface area contributed by atoms with Crippen LogP contribution >= 0.6 is 0 Å². The summed E-state index contributed by atoms with van der Waals surface area (Å²) in [4.78, 5) is 0. The fourth-order valence-electron chi connectivity index (χ4n) is 1.40. The van der Waals surface area contributed by atoms with Crippen LogP contribution < -0.4 is 0 Å². The molecule has 0 spiro atoms. The van der Waals surface area contributed by atoms with Crippen molar-refractivity contribution in [2.75, 3.05) is 0 Å². The van der Waals surface area contributed by atoms with Crippen LogP contribution in [0, 0.1) is 0 Å². The lowest BCUT2D eigenvalue weighted by Gasteiger charge is -1.91. The Bertz CT molecular complexity index is 228. The summed E-state index contributed by atoms with van der Waals surface area (Å²) in [7, 11) is 0. The highest BCUT2D eigenvalue weighted by atomic mass is 13.9. The van der Waals surface area contributed by atoms with Crippen molar-refractivity contribution < 1.29 is 0 Å². The van der Waals surface area contributed by atoms with E-state index < -0.39 is 0 Å². The first-order valence-corrected chi connectivity index (χ1v) is 5.62. The molecule has 1 aliphatic carbocycles. The number of rotatable bonds is 0. The first-order chi connectivity index (χ1) is 7.00. The molecule has 0 fully saturated rings. The van der Waals surface area contributed by atoms with E-state index in [1.807, 2.05) is 0 Å². The molecule has 0 aromatic heterocycles. The van der Waals surface area contributed by atoms with E-state index in [1.54, 1.807) is 0 Å². The summed E-state index contributed by atoms with van der Waals surface area (Å²) < 4.78 is 0. The summed E-state index contributed by atoms with van der Waals surface area (Å²) in [6.45, 7) is 0. The van der Waals surface area contributed by atoms with E-state index in [-0.39, 0.29) is 0 Å². The van der Waals surface area contributed by atoms with Gasteiger partial charge in [-0.15, -0.1) is 0 Å². The highest BCUT2D eigenvalue weighted by molar-refractivity contribution is 5.03. The second kappa shape index (κ2) is 8.55. The third-order valence-corrected chi connectivity index (χ3v) is 2.23. The zero-order valence-corrected chi connectivity index (χ0v) is 8.86. The molecule has 0 saturated carbocycles. The van der Waals surface area contributed by atoms with Gasteiger partial charge in [0, 0.05) is 0 Å². The molecule has 0 N–H and O–H groups in total. The molecule has 0 heterocycles. The Balaban J connectivity index is 2.34. The lowest BCUT2D eigenvalue weighted by molar-refractivity contribution is 0.865. The van der Waals surface area contributed by atoms with E-state index in [1.165, 1.54) is 19.3 Å². The second-order valence-corrected chi connectivity index (χ2v) is 3.54. The van der Waals surface area contributed by atoms with Crippen LogP contribution in [0.25, 0.3) is 0 Å². The van der Waals surface area contributed by atoms with Gasteiger partial charge in [-0.3, -0.25) is 0 Å². The molecule has 14 heavy (non-hydrogen) atoms. The monoisotopic (exact) mass is 188 g/mol. The minimum absolute atomic E-state index is 1.10. The van der Waals surface area contributed by atoms with Crippen LogP contribution in [0.1, 0.15) is 38.5 Å². The first-order valence-electron chi connectivity index (χ1n) is 5.62. The van der Waals surface area contributed by atoms with Crippen LogP contribution in [0.5, 0.6) is 0 Å². The zero-order chi connectivity index (χ0) is 9.90. The Labute approximate surface area is 87.7 Å². The lowest BCUT2D eigenvalue weighted by atomic mass is 10.2. The van der Waals surface area contributed by atoms with Crippen molar-refractivity contribution in [3.63, 3.8) is 0 Å². The molecule has 0 saturated heterocycles. The summed E-state index contributed by atoms with van der Waals surface area (Å²) >= 11 is 0. The molecule has 0 unspecified atom stereocenters. The van der Waals surface area contributed by atoms with Crippen molar-refractivity contribution in [3.05, 3.63) is 48.6 Å². The van der Waals surface area contributed by atoms with Gasteiger partial charge in [0.05, 0.1) is 0 Å². The number of hydrogen-bond acceptors (Lipinski definition) is 0. The highest BCUT2D eigenvalue weighted by Gasteiger charge is 1.81. The van der Waals surface area contributed by atoms with Gasteiger partial charge >= 0.3 is 0 Å². The normalized spacial score (nSPS) is 28.6. The molecule has 0 aromatic rings. The molecule has 0 aromatic carbocycles. The van der Waals surface area contributed by atoms with Crippen molar-refractivity contribution in [1.82, 2.24) is 0 Å². The molecule has 76 valence electrons. The van der Waals surface area contributed by atoms with Gasteiger partial charge in [-0.05, 0) is 38.5 Å². The fourth-order valence-corrected chi connectivity index (χ4v) is 1.40. The molecule has 0 atom stereocenters. The third kappa shape index (κ3) is 6.47. The van der Waals surface area contributed by atoms with Crippen molar-refractivity contribution >= 4 is 0 Å². The Morgan fingerprint density at radius 1 is 0.500 bits per heavy atom. The van der Waals surface area contributed by atoms with E-state index >= 15 is 0 Å². The van der Waals surface area contributed by atoms with Gasteiger partial charge in [0.25, 0.3) is 0 Å². The maximum Gasteiger partial charge on any atom is -0.0169 e. The maximum atomic E-state index is 2.29. The summed E-state index contributed by atoms with van der Waals surface area (Å²) in [5.74, 6) is 0. The first kappa shape index (κ1) is 11.0. The summed E-state index contributed by atoms with van der Waals surface area (Å²) in [6, 6.07) is 0. The van der Waals surface area contributed by atoms with Crippen LogP contribution in [-0.2, 0) is 0 Å². The predicted octanol–water partition coefficient (Wildman–Crippen LogP) is 4.57. The highest BCUT2D eigenvalue weighted by Crippen LogP contribution is 2.01. The predicted molar refractivity (Wildman–Crippen MR) is 64.3 cm³/mol. The Hall–Kier alpha value is -1.04. The number of hydrogen-bond donors (Lipinski definition) is 0. The Morgan fingerprint density at radius 2 is 1.07 bits per heavy atom. The summed E-state index contributed by atoms with van der Waals surface area (Å²) in [5.41, 5.74) is 0. The summed E-state index contributed by atoms with van der Waals surface area (Å²) in [6.07, 6.45) is 25.0. The second-order valence-electron chi connectivity index (χ2n) is 3.54. The molecular weight excluding hydrogens is 168 g/mol. The van der Waals surface area contributed by atoms with E-state index in [4.69, 9.17) is 0 Å². The molecule has 0 aliphatic heterocycles. The maximum absolute atomic E-state index is 2.29. The Morgan fingerprint density at radius 3 is 1.93 bits per heavy atom. The van der Waals surface area contributed by atoms with E-state index in [0.717, 1.165) is 19.3 Å². The van der Waals surface area contributed by atoms with Gasteiger partial charge in [-0.25, -0.2) is 0 Å². The van der Waals surface area contributed by atoms with Crippen molar-refractivity contribution in [3.8, 4) is 0 Å². The van der Waals surface area contributed by atoms with Gasteiger partial charge < -0.3 is 0 Å². The topological polar surface area (TPSA) is 0 Å².